The van der Waals surface area contributed by atoms with E-state index in [0.717, 1.165) is 5.82 Å². The van der Waals surface area contributed by atoms with Crippen LogP contribution in [-0.4, -0.2) is 15.6 Å². The molecule has 3 heteroatoms. The zero-order chi connectivity index (χ0) is 9.19. The maximum absolute atomic E-state index is 5.53. The van der Waals surface area contributed by atoms with Gasteiger partial charge in [-0.2, -0.15) is 0 Å². The number of hydrogen-bond donors (Lipinski definition) is 0. The van der Waals surface area contributed by atoms with Crippen LogP contribution in [0.15, 0.2) is 12.4 Å². The van der Waals surface area contributed by atoms with Crippen LogP contribution >= 0.6 is 0 Å². The van der Waals surface area contributed by atoms with Crippen molar-refractivity contribution in [2.24, 2.45) is 0 Å². The third kappa shape index (κ3) is 2.86. The van der Waals surface area contributed by atoms with Gasteiger partial charge in [0.25, 0.3) is 0 Å². The van der Waals surface area contributed by atoms with E-state index in [1.54, 1.807) is 12.4 Å². The molecule has 66 valence electrons. The predicted molar refractivity (Wildman–Crippen MR) is 47.2 cm³/mol. The van der Waals surface area contributed by atoms with Crippen molar-refractivity contribution in [3.8, 4) is 5.75 Å². The quantitative estimate of drug-likeness (QED) is 0.639. The van der Waals surface area contributed by atoms with Crippen molar-refractivity contribution in [1.82, 2.24) is 9.97 Å². The molecule has 0 aromatic carbocycles. The van der Waals surface area contributed by atoms with Crippen LogP contribution in [-0.2, 0) is 0 Å². The van der Waals surface area contributed by atoms with E-state index >= 15 is 0 Å². The number of ether oxygens (including phenoxy) is 1. The molecule has 0 spiro atoms. The molecule has 0 aliphatic heterocycles. The van der Waals surface area contributed by atoms with Crippen LogP contribution in [0.5, 0.6) is 5.75 Å². The minimum absolute atomic E-state index is 0.182. The Hall–Kier alpha value is -1.12. The average molecular weight is 166 g/mol. The highest BCUT2D eigenvalue weighted by atomic mass is 16.5. The lowest BCUT2D eigenvalue weighted by Gasteiger charge is -2.20. The van der Waals surface area contributed by atoms with Crippen LogP contribution in [0.3, 0.4) is 0 Å². The van der Waals surface area contributed by atoms with E-state index in [1.165, 1.54) is 0 Å². The Labute approximate surface area is 72.8 Å². The maximum atomic E-state index is 5.53. The SMILES string of the molecule is Cc1ncc(OC(C)(C)C)cn1. The van der Waals surface area contributed by atoms with Crippen LogP contribution in [0.25, 0.3) is 0 Å². The summed E-state index contributed by atoms with van der Waals surface area (Å²) in [5, 5.41) is 0. The van der Waals surface area contributed by atoms with E-state index in [1.807, 2.05) is 27.7 Å². The summed E-state index contributed by atoms with van der Waals surface area (Å²) in [6, 6.07) is 0. The Bertz CT molecular complexity index is 248. The summed E-state index contributed by atoms with van der Waals surface area (Å²) in [5.41, 5.74) is -0.182. The lowest BCUT2D eigenvalue weighted by Crippen LogP contribution is -2.23. The minimum atomic E-state index is -0.182. The first-order valence-electron chi connectivity index (χ1n) is 3.95. The standard InChI is InChI=1S/C9H14N2O/c1-7-10-5-8(6-11-7)12-9(2,3)4/h5-6H,1-4H3. The molecule has 0 amide bonds. The summed E-state index contributed by atoms with van der Waals surface area (Å²) >= 11 is 0. The molecule has 1 aromatic heterocycles. The molecule has 12 heavy (non-hydrogen) atoms. The van der Waals surface area contributed by atoms with Gasteiger partial charge in [-0.25, -0.2) is 9.97 Å². The molecule has 0 aliphatic rings. The van der Waals surface area contributed by atoms with E-state index < -0.39 is 0 Å². The van der Waals surface area contributed by atoms with Crippen molar-refractivity contribution < 1.29 is 4.74 Å². The van der Waals surface area contributed by atoms with Crippen LogP contribution in [0.1, 0.15) is 26.6 Å². The topological polar surface area (TPSA) is 35.0 Å². The fraction of sp³-hybridized carbons (Fsp3) is 0.556. The maximum Gasteiger partial charge on any atom is 0.156 e. The molecule has 0 fully saturated rings. The van der Waals surface area contributed by atoms with Gasteiger partial charge in [0.15, 0.2) is 5.75 Å². The number of rotatable bonds is 1. The van der Waals surface area contributed by atoms with Crippen LogP contribution in [0.4, 0.5) is 0 Å². The molecule has 0 N–H and O–H groups in total. The van der Waals surface area contributed by atoms with Gasteiger partial charge in [-0.1, -0.05) is 0 Å². The monoisotopic (exact) mass is 166 g/mol. The molecule has 0 radical (unpaired) electrons. The molecule has 1 heterocycles. The molecule has 0 atom stereocenters. The van der Waals surface area contributed by atoms with Crippen molar-refractivity contribution in [2.45, 2.75) is 33.3 Å². The van der Waals surface area contributed by atoms with Crippen molar-refractivity contribution >= 4 is 0 Å². The Morgan fingerprint density at radius 1 is 1.17 bits per heavy atom. The van der Waals surface area contributed by atoms with Crippen molar-refractivity contribution in [3.05, 3.63) is 18.2 Å². The van der Waals surface area contributed by atoms with Crippen molar-refractivity contribution in [3.63, 3.8) is 0 Å². The van der Waals surface area contributed by atoms with Crippen molar-refractivity contribution in [1.29, 1.82) is 0 Å². The smallest absolute Gasteiger partial charge is 0.156 e. The lowest BCUT2D eigenvalue weighted by molar-refractivity contribution is 0.129. The third-order valence-corrected chi connectivity index (χ3v) is 1.18. The van der Waals surface area contributed by atoms with Gasteiger partial charge in [0.05, 0.1) is 12.4 Å². The summed E-state index contributed by atoms with van der Waals surface area (Å²) in [7, 11) is 0. The van der Waals surface area contributed by atoms with Crippen LogP contribution in [0, 0.1) is 6.92 Å². The van der Waals surface area contributed by atoms with Gasteiger partial charge in [-0.3, -0.25) is 0 Å². The molecule has 0 bridgehead atoms. The van der Waals surface area contributed by atoms with E-state index in [0.29, 0.717) is 5.75 Å². The molecule has 1 rings (SSSR count). The van der Waals surface area contributed by atoms with Gasteiger partial charge in [0.2, 0.25) is 0 Å². The molecule has 1 aromatic rings. The number of aromatic nitrogens is 2. The fourth-order valence-corrected chi connectivity index (χ4v) is 0.787. The first-order chi connectivity index (χ1) is 5.47. The Morgan fingerprint density at radius 2 is 1.67 bits per heavy atom. The van der Waals surface area contributed by atoms with Gasteiger partial charge in [0.1, 0.15) is 11.4 Å². The summed E-state index contributed by atoms with van der Waals surface area (Å²) in [4.78, 5) is 8.05. The summed E-state index contributed by atoms with van der Waals surface area (Å²) in [5.74, 6) is 1.48. The lowest BCUT2D eigenvalue weighted by atomic mass is 10.2. The first kappa shape index (κ1) is 8.97. The van der Waals surface area contributed by atoms with Crippen LogP contribution in [0.2, 0.25) is 0 Å². The predicted octanol–water partition coefficient (Wildman–Crippen LogP) is 1.96. The third-order valence-electron chi connectivity index (χ3n) is 1.18. The van der Waals surface area contributed by atoms with Crippen molar-refractivity contribution in [2.75, 3.05) is 0 Å². The molecular weight excluding hydrogens is 152 g/mol. The normalized spacial score (nSPS) is 11.3. The fourth-order valence-electron chi connectivity index (χ4n) is 0.787. The highest BCUT2D eigenvalue weighted by Crippen LogP contribution is 2.14. The van der Waals surface area contributed by atoms with Gasteiger partial charge in [0, 0.05) is 0 Å². The first-order valence-corrected chi connectivity index (χ1v) is 3.95. The molecule has 0 saturated heterocycles. The van der Waals surface area contributed by atoms with Gasteiger partial charge in [-0.15, -0.1) is 0 Å². The van der Waals surface area contributed by atoms with E-state index in [4.69, 9.17) is 4.74 Å². The zero-order valence-electron chi connectivity index (χ0n) is 7.96. The van der Waals surface area contributed by atoms with E-state index in [2.05, 4.69) is 9.97 Å². The average Bonchev–Trinajstić information content (AvgIpc) is 1.91. The molecular formula is C9H14N2O. The van der Waals surface area contributed by atoms with Gasteiger partial charge in [-0.05, 0) is 27.7 Å². The second kappa shape index (κ2) is 3.09. The summed E-state index contributed by atoms with van der Waals surface area (Å²) in [6.45, 7) is 7.83. The van der Waals surface area contributed by atoms with Gasteiger partial charge >= 0.3 is 0 Å². The Kier molecular flexibility index (Phi) is 2.31. The number of nitrogens with zero attached hydrogens (tertiary/aromatic N) is 2. The van der Waals surface area contributed by atoms with Crippen LogP contribution < -0.4 is 4.74 Å². The highest BCUT2D eigenvalue weighted by Gasteiger charge is 2.11. The highest BCUT2D eigenvalue weighted by molar-refractivity contribution is 5.12. The summed E-state index contributed by atoms with van der Waals surface area (Å²) in [6.07, 6.45) is 3.38. The molecule has 0 saturated carbocycles. The second-order valence-corrected chi connectivity index (χ2v) is 3.68. The zero-order valence-corrected chi connectivity index (χ0v) is 7.96. The molecule has 0 aliphatic carbocycles. The summed E-state index contributed by atoms with van der Waals surface area (Å²) < 4.78 is 5.53. The molecule has 0 unspecified atom stereocenters. The Morgan fingerprint density at radius 3 is 2.08 bits per heavy atom. The number of aryl methyl sites for hydroxylation is 1. The van der Waals surface area contributed by atoms with Gasteiger partial charge < -0.3 is 4.74 Å². The molecule has 3 nitrogen and oxygen atoms in total. The second-order valence-electron chi connectivity index (χ2n) is 3.68. The van der Waals surface area contributed by atoms with E-state index in [9.17, 15) is 0 Å². The Balaban J connectivity index is 2.71. The largest absolute Gasteiger partial charge is 0.485 e. The van der Waals surface area contributed by atoms with E-state index in [-0.39, 0.29) is 5.60 Å². The number of hydrogen-bond acceptors (Lipinski definition) is 3. The minimum Gasteiger partial charge on any atom is -0.485 e.